The van der Waals surface area contributed by atoms with Crippen molar-refractivity contribution in [3.05, 3.63) is 0 Å². The number of hydrogen-bond acceptors (Lipinski definition) is 8. The van der Waals surface area contributed by atoms with Gasteiger partial charge < -0.3 is 49.1 Å². The Labute approximate surface area is 212 Å². The molecule has 0 aromatic heterocycles. The molecule has 0 aliphatic carbocycles. The van der Waals surface area contributed by atoms with Gasteiger partial charge in [0.1, 0.15) is 24.2 Å². The van der Waals surface area contributed by atoms with Gasteiger partial charge >= 0.3 is 5.97 Å². The number of nitrogens with one attached hydrogen (secondary N) is 3. The van der Waals surface area contributed by atoms with Crippen molar-refractivity contribution in [2.24, 2.45) is 33.8 Å². The number of aliphatic carboxylic acids is 1. The first-order valence-corrected chi connectivity index (χ1v) is 12.2. The van der Waals surface area contributed by atoms with Crippen molar-refractivity contribution < 1.29 is 29.4 Å². The molecule has 0 fully saturated rings. The van der Waals surface area contributed by atoms with Crippen molar-refractivity contribution in [3.63, 3.8) is 0 Å². The maximum absolute atomic E-state index is 13.1. The van der Waals surface area contributed by atoms with Gasteiger partial charge in [-0.25, -0.2) is 4.79 Å². The average Bonchev–Trinajstić information content (AvgIpc) is 2.81. The van der Waals surface area contributed by atoms with Crippen LogP contribution in [0.15, 0.2) is 4.99 Å². The van der Waals surface area contributed by atoms with Gasteiger partial charge in [-0.15, -0.1) is 0 Å². The number of aliphatic imine (C=N–C) groups is 1. The topological polar surface area (TPSA) is 261 Å². The number of carboxylic acid groups (broad SMARTS) is 1. The van der Waals surface area contributed by atoms with Gasteiger partial charge in [-0.3, -0.25) is 19.4 Å². The lowest BCUT2D eigenvalue weighted by atomic mass is 9.96. The average molecular weight is 517 g/mol. The van der Waals surface area contributed by atoms with Gasteiger partial charge in [-0.05, 0) is 51.5 Å². The third kappa shape index (κ3) is 12.7. The van der Waals surface area contributed by atoms with E-state index in [1.165, 1.54) is 6.92 Å². The van der Waals surface area contributed by atoms with Crippen LogP contribution in [-0.4, -0.2) is 83.2 Å². The van der Waals surface area contributed by atoms with Gasteiger partial charge in [0.05, 0.1) is 6.10 Å². The summed E-state index contributed by atoms with van der Waals surface area (Å²) in [7, 11) is 0. The number of guanidine groups is 1. The largest absolute Gasteiger partial charge is 0.480 e. The van der Waals surface area contributed by atoms with Crippen LogP contribution in [0.4, 0.5) is 0 Å². The summed E-state index contributed by atoms with van der Waals surface area (Å²) in [6.45, 7) is 5.50. The quantitative estimate of drug-likeness (QED) is 0.0523. The fourth-order valence-electron chi connectivity index (χ4n) is 3.23. The summed E-state index contributed by atoms with van der Waals surface area (Å²) < 4.78 is 0. The highest BCUT2D eigenvalue weighted by Gasteiger charge is 2.33. The SMILES string of the molecule is CCC(C)C(NC(=O)C(CCCN=C(N)N)NC(=O)C(N)C(C)O)C(=O)NC(CCCCN)C(=O)O. The lowest BCUT2D eigenvalue weighted by Gasteiger charge is -2.28. The van der Waals surface area contributed by atoms with Crippen LogP contribution in [-0.2, 0) is 19.2 Å². The zero-order valence-electron chi connectivity index (χ0n) is 21.4. The van der Waals surface area contributed by atoms with Gasteiger partial charge in [0.2, 0.25) is 17.7 Å². The van der Waals surface area contributed by atoms with Crippen molar-refractivity contribution in [2.45, 2.75) is 89.6 Å². The van der Waals surface area contributed by atoms with E-state index in [1.807, 2.05) is 6.92 Å². The van der Waals surface area contributed by atoms with E-state index in [0.717, 1.165) is 0 Å². The Hall–Kier alpha value is -2.97. The van der Waals surface area contributed by atoms with E-state index >= 15 is 0 Å². The standard InChI is InChI=1S/C22H44N8O6/c1-4-12(2)17(20(34)29-15(21(35)36)8-5-6-10-23)30-18(32)14(9-7-11-27-22(25)26)28-19(33)16(24)13(3)31/h12-17,31H,4-11,23-24H2,1-3H3,(H,28,33)(H,29,34)(H,30,32)(H,35,36)(H4,25,26,27). The van der Waals surface area contributed by atoms with E-state index in [4.69, 9.17) is 22.9 Å². The first-order valence-electron chi connectivity index (χ1n) is 12.2. The number of unbranched alkanes of at least 4 members (excludes halogenated alkanes) is 1. The molecule has 3 amide bonds. The van der Waals surface area contributed by atoms with Crippen molar-refractivity contribution in [2.75, 3.05) is 13.1 Å². The number of carbonyl (C=O) groups is 4. The summed E-state index contributed by atoms with van der Waals surface area (Å²) in [6, 6.07) is -4.56. The number of aliphatic hydroxyl groups excluding tert-OH is 1. The van der Waals surface area contributed by atoms with Gasteiger partial charge in [-0.2, -0.15) is 0 Å². The van der Waals surface area contributed by atoms with Crippen LogP contribution in [0.3, 0.4) is 0 Å². The fraction of sp³-hybridized carbons (Fsp3) is 0.773. The summed E-state index contributed by atoms with van der Waals surface area (Å²) in [5, 5.41) is 26.7. The second-order valence-corrected chi connectivity index (χ2v) is 8.83. The Bertz CT molecular complexity index is 744. The van der Waals surface area contributed by atoms with E-state index < -0.39 is 54.0 Å². The summed E-state index contributed by atoms with van der Waals surface area (Å²) in [6.07, 6.45) is 1.12. The van der Waals surface area contributed by atoms with Crippen molar-refractivity contribution >= 4 is 29.7 Å². The summed E-state index contributed by atoms with van der Waals surface area (Å²) in [5.74, 6) is -3.71. The van der Waals surface area contributed by atoms with Crippen LogP contribution >= 0.6 is 0 Å². The first kappa shape index (κ1) is 33.0. The number of hydrogen-bond donors (Lipinski definition) is 9. The molecule has 6 atom stereocenters. The number of amides is 3. The van der Waals surface area contributed by atoms with Crippen LogP contribution in [0.1, 0.15) is 59.3 Å². The van der Waals surface area contributed by atoms with Crippen LogP contribution in [0, 0.1) is 5.92 Å². The number of nitrogens with zero attached hydrogens (tertiary/aromatic N) is 1. The van der Waals surface area contributed by atoms with Gasteiger partial charge in [-0.1, -0.05) is 20.3 Å². The number of aliphatic hydroxyl groups is 1. The van der Waals surface area contributed by atoms with Crippen LogP contribution in [0.25, 0.3) is 0 Å². The molecule has 0 aromatic rings. The number of carboxylic acids is 1. The number of rotatable bonds is 18. The fourth-order valence-corrected chi connectivity index (χ4v) is 3.23. The highest BCUT2D eigenvalue weighted by Crippen LogP contribution is 2.11. The maximum atomic E-state index is 13.1. The van der Waals surface area contributed by atoms with Gasteiger partial charge in [0.25, 0.3) is 0 Å². The second kappa shape index (κ2) is 17.5. The van der Waals surface area contributed by atoms with E-state index in [9.17, 15) is 29.4 Å². The Balaban J connectivity index is 5.61. The minimum absolute atomic E-state index is 0.118. The summed E-state index contributed by atoms with van der Waals surface area (Å²) in [4.78, 5) is 54.0. The Kier molecular flexibility index (Phi) is 16.0. The predicted octanol–water partition coefficient (Wildman–Crippen LogP) is -2.54. The van der Waals surface area contributed by atoms with Crippen LogP contribution in [0.2, 0.25) is 0 Å². The number of carbonyl (C=O) groups excluding carboxylic acids is 3. The zero-order valence-corrected chi connectivity index (χ0v) is 21.4. The molecule has 0 aliphatic heterocycles. The van der Waals surface area contributed by atoms with Crippen LogP contribution < -0.4 is 38.9 Å². The molecule has 13 N–H and O–H groups in total. The zero-order chi connectivity index (χ0) is 27.8. The third-order valence-corrected chi connectivity index (χ3v) is 5.76. The minimum Gasteiger partial charge on any atom is -0.480 e. The molecule has 6 unspecified atom stereocenters. The minimum atomic E-state index is -1.27. The molecule has 0 aliphatic rings. The molecule has 0 heterocycles. The molecule has 36 heavy (non-hydrogen) atoms. The van der Waals surface area contributed by atoms with E-state index in [0.29, 0.717) is 32.2 Å². The Morgan fingerprint density at radius 2 is 1.47 bits per heavy atom. The molecule has 0 saturated heterocycles. The molecule has 0 saturated carbocycles. The van der Waals surface area contributed by atoms with E-state index in [2.05, 4.69) is 20.9 Å². The summed E-state index contributed by atoms with van der Waals surface area (Å²) in [5.41, 5.74) is 21.8. The smallest absolute Gasteiger partial charge is 0.326 e. The van der Waals surface area contributed by atoms with Crippen LogP contribution in [0.5, 0.6) is 0 Å². The van der Waals surface area contributed by atoms with E-state index in [-0.39, 0.29) is 31.3 Å². The molecule has 208 valence electrons. The summed E-state index contributed by atoms with van der Waals surface area (Å²) >= 11 is 0. The first-order chi connectivity index (χ1) is 16.8. The molecule has 0 rings (SSSR count). The molecule has 14 heteroatoms. The van der Waals surface area contributed by atoms with Crippen molar-refractivity contribution in [1.29, 1.82) is 0 Å². The predicted molar refractivity (Wildman–Crippen MR) is 135 cm³/mol. The lowest BCUT2D eigenvalue weighted by Crippen LogP contribution is -2.59. The van der Waals surface area contributed by atoms with Gasteiger partial charge in [0.15, 0.2) is 5.96 Å². The monoisotopic (exact) mass is 516 g/mol. The Morgan fingerprint density at radius 1 is 0.889 bits per heavy atom. The normalized spacial score (nSPS) is 15.9. The maximum Gasteiger partial charge on any atom is 0.326 e. The lowest BCUT2D eigenvalue weighted by molar-refractivity contribution is -0.143. The van der Waals surface area contributed by atoms with Crippen molar-refractivity contribution in [3.8, 4) is 0 Å². The highest BCUT2D eigenvalue weighted by atomic mass is 16.4. The second-order valence-electron chi connectivity index (χ2n) is 8.83. The van der Waals surface area contributed by atoms with E-state index in [1.54, 1.807) is 6.92 Å². The molecule has 14 nitrogen and oxygen atoms in total. The molecule has 0 bridgehead atoms. The van der Waals surface area contributed by atoms with Crippen molar-refractivity contribution in [1.82, 2.24) is 16.0 Å². The van der Waals surface area contributed by atoms with Gasteiger partial charge in [0, 0.05) is 6.54 Å². The highest BCUT2D eigenvalue weighted by molar-refractivity contribution is 5.94. The Morgan fingerprint density at radius 3 is 1.97 bits per heavy atom. The molecular weight excluding hydrogens is 472 g/mol. The molecular formula is C22H44N8O6. The number of nitrogens with two attached hydrogens (primary N) is 4. The third-order valence-electron chi connectivity index (χ3n) is 5.76. The molecule has 0 radical (unpaired) electrons. The molecule has 0 spiro atoms. The molecule has 0 aromatic carbocycles.